The summed E-state index contributed by atoms with van der Waals surface area (Å²) in [5.41, 5.74) is 1.32. The van der Waals surface area contributed by atoms with Gasteiger partial charge in [0, 0.05) is 17.6 Å². The van der Waals surface area contributed by atoms with E-state index in [-0.39, 0.29) is 10.6 Å². The molecule has 0 radical (unpaired) electrons. The summed E-state index contributed by atoms with van der Waals surface area (Å²) in [5.74, 6) is 0.806. The Kier molecular flexibility index (Phi) is 9.44. The number of rotatable bonds is 12. The van der Waals surface area contributed by atoms with Crippen molar-refractivity contribution >= 4 is 33.2 Å². The molecule has 1 N–H and O–H groups in total. The highest BCUT2D eigenvalue weighted by molar-refractivity contribution is 7.92. The first-order valence-electron chi connectivity index (χ1n) is 11.3. The highest BCUT2D eigenvalue weighted by atomic mass is 35.5. The van der Waals surface area contributed by atoms with Crippen molar-refractivity contribution in [3.8, 4) is 17.2 Å². The van der Waals surface area contributed by atoms with Crippen LogP contribution in [0.3, 0.4) is 0 Å². The Bertz CT molecular complexity index is 1260. The zero-order valence-electron chi connectivity index (χ0n) is 20.4. The van der Waals surface area contributed by atoms with Gasteiger partial charge >= 0.3 is 0 Å². The predicted molar refractivity (Wildman–Crippen MR) is 140 cm³/mol. The molecule has 0 saturated heterocycles. The lowest BCUT2D eigenvalue weighted by Crippen LogP contribution is -2.41. The summed E-state index contributed by atoms with van der Waals surface area (Å²) in [6.07, 6.45) is 0.578. The molecular formula is C26H29ClN2O6S. The van der Waals surface area contributed by atoms with E-state index in [1.54, 1.807) is 36.4 Å². The van der Waals surface area contributed by atoms with Gasteiger partial charge in [0.15, 0.2) is 11.5 Å². The molecule has 0 aliphatic carbocycles. The van der Waals surface area contributed by atoms with Crippen molar-refractivity contribution in [1.29, 1.82) is 0 Å². The molecule has 10 heteroatoms. The summed E-state index contributed by atoms with van der Waals surface area (Å²) in [6.45, 7) is 2.26. The lowest BCUT2D eigenvalue weighted by molar-refractivity contribution is -0.119. The Hall–Kier alpha value is -3.43. The maximum absolute atomic E-state index is 13.7. The average Bonchev–Trinajstić information content (AvgIpc) is 2.88. The van der Waals surface area contributed by atoms with Gasteiger partial charge in [-0.25, -0.2) is 8.42 Å². The van der Waals surface area contributed by atoms with Gasteiger partial charge in [-0.3, -0.25) is 9.10 Å². The molecule has 0 saturated carbocycles. The number of sulfonamides is 1. The van der Waals surface area contributed by atoms with E-state index in [1.807, 2.05) is 19.1 Å². The van der Waals surface area contributed by atoms with E-state index in [4.69, 9.17) is 25.8 Å². The van der Waals surface area contributed by atoms with Crippen molar-refractivity contribution in [3.05, 3.63) is 77.3 Å². The molecular weight excluding hydrogens is 504 g/mol. The van der Waals surface area contributed by atoms with Gasteiger partial charge in [-0.2, -0.15) is 0 Å². The number of carbonyl (C=O) groups excluding carboxylic acids is 1. The molecule has 0 aliphatic rings. The minimum Gasteiger partial charge on any atom is -0.494 e. The van der Waals surface area contributed by atoms with E-state index in [9.17, 15) is 13.2 Å². The molecule has 3 aromatic carbocycles. The first-order chi connectivity index (χ1) is 17.3. The van der Waals surface area contributed by atoms with Crippen molar-refractivity contribution in [2.24, 2.45) is 0 Å². The molecule has 0 aliphatic heterocycles. The van der Waals surface area contributed by atoms with Crippen LogP contribution in [0.15, 0.2) is 71.6 Å². The summed E-state index contributed by atoms with van der Waals surface area (Å²) in [6, 6.07) is 18.1. The number of carbonyl (C=O) groups is 1. The van der Waals surface area contributed by atoms with Gasteiger partial charge in [0.1, 0.15) is 12.3 Å². The molecule has 0 aromatic heterocycles. The van der Waals surface area contributed by atoms with Crippen molar-refractivity contribution < 1.29 is 27.4 Å². The van der Waals surface area contributed by atoms with Gasteiger partial charge in [-0.05, 0) is 67.4 Å². The second kappa shape index (κ2) is 12.5. The van der Waals surface area contributed by atoms with Gasteiger partial charge in [-0.1, -0.05) is 23.7 Å². The molecule has 1 amide bonds. The van der Waals surface area contributed by atoms with Crippen LogP contribution in [-0.2, 0) is 21.2 Å². The minimum atomic E-state index is -4.13. The number of benzene rings is 3. The number of anilines is 1. The topological polar surface area (TPSA) is 94.2 Å². The normalized spacial score (nSPS) is 11.0. The highest BCUT2D eigenvalue weighted by Gasteiger charge is 2.28. The number of halogens is 1. The zero-order chi connectivity index (χ0) is 26.1. The van der Waals surface area contributed by atoms with Crippen LogP contribution in [0.5, 0.6) is 17.2 Å². The number of hydrogen-bond donors (Lipinski definition) is 1. The fourth-order valence-corrected chi connectivity index (χ4v) is 5.04. The average molecular weight is 533 g/mol. The van der Waals surface area contributed by atoms with Crippen LogP contribution in [-0.4, -0.2) is 48.2 Å². The molecule has 3 rings (SSSR count). The van der Waals surface area contributed by atoms with E-state index in [2.05, 4.69) is 5.32 Å². The zero-order valence-corrected chi connectivity index (χ0v) is 21.9. The van der Waals surface area contributed by atoms with E-state index in [1.165, 1.54) is 32.4 Å². The quantitative estimate of drug-likeness (QED) is 0.373. The first-order valence-corrected chi connectivity index (χ1v) is 13.1. The maximum Gasteiger partial charge on any atom is 0.264 e. The highest BCUT2D eigenvalue weighted by Crippen LogP contribution is 2.32. The molecule has 3 aromatic rings. The molecule has 0 unspecified atom stereocenters. The third-order valence-corrected chi connectivity index (χ3v) is 7.34. The Labute approximate surface area is 216 Å². The second-order valence-electron chi connectivity index (χ2n) is 7.68. The second-order valence-corrected chi connectivity index (χ2v) is 9.98. The van der Waals surface area contributed by atoms with E-state index in [0.29, 0.717) is 41.8 Å². The minimum absolute atomic E-state index is 0.0389. The number of nitrogens with one attached hydrogen (secondary N) is 1. The van der Waals surface area contributed by atoms with Gasteiger partial charge in [0.2, 0.25) is 5.91 Å². The fourth-order valence-electron chi connectivity index (χ4n) is 3.48. The van der Waals surface area contributed by atoms with E-state index >= 15 is 0 Å². The Morgan fingerprint density at radius 1 is 0.944 bits per heavy atom. The van der Waals surface area contributed by atoms with Gasteiger partial charge in [-0.15, -0.1) is 0 Å². The first kappa shape index (κ1) is 27.2. The lowest BCUT2D eigenvalue weighted by Gasteiger charge is -2.24. The molecule has 0 atom stereocenters. The Balaban J connectivity index is 1.84. The van der Waals surface area contributed by atoms with Gasteiger partial charge < -0.3 is 19.5 Å². The number of amides is 1. The number of nitrogens with zero attached hydrogens (tertiary/aromatic N) is 1. The Morgan fingerprint density at radius 2 is 1.61 bits per heavy atom. The van der Waals surface area contributed by atoms with E-state index < -0.39 is 22.5 Å². The molecule has 0 spiro atoms. The van der Waals surface area contributed by atoms with Crippen LogP contribution in [0.1, 0.15) is 12.5 Å². The van der Waals surface area contributed by atoms with Gasteiger partial charge in [0.05, 0.1) is 31.4 Å². The number of methoxy groups -OCH3 is 2. The fraction of sp³-hybridized carbons (Fsp3) is 0.269. The monoisotopic (exact) mass is 532 g/mol. The standard InChI is InChI=1S/C26H29ClN2O6S/c1-4-35-22-11-9-21(10-12-22)29(18-26(30)28-16-15-19-5-7-20(27)8-6-19)36(31,32)23-13-14-24(33-2)25(17-23)34-3/h5-14,17H,4,15-16,18H2,1-3H3,(H,28,30). The van der Waals surface area contributed by atoms with Crippen LogP contribution < -0.4 is 23.8 Å². The summed E-state index contributed by atoms with van der Waals surface area (Å²) >= 11 is 5.91. The SMILES string of the molecule is CCOc1ccc(N(CC(=O)NCCc2ccc(Cl)cc2)S(=O)(=O)c2ccc(OC)c(OC)c2)cc1. The van der Waals surface area contributed by atoms with Crippen molar-refractivity contribution in [2.75, 3.05) is 38.2 Å². The summed E-state index contributed by atoms with van der Waals surface area (Å²) < 4.78 is 44.4. The molecule has 36 heavy (non-hydrogen) atoms. The largest absolute Gasteiger partial charge is 0.494 e. The molecule has 0 heterocycles. The molecule has 0 fully saturated rings. The molecule has 0 bridgehead atoms. The molecule has 192 valence electrons. The summed E-state index contributed by atoms with van der Waals surface area (Å²) in [4.78, 5) is 12.8. The van der Waals surface area contributed by atoms with Crippen molar-refractivity contribution in [1.82, 2.24) is 5.32 Å². The molecule has 8 nitrogen and oxygen atoms in total. The van der Waals surface area contributed by atoms with E-state index in [0.717, 1.165) is 9.87 Å². The van der Waals surface area contributed by atoms with Crippen LogP contribution in [0.4, 0.5) is 5.69 Å². The van der Waals surface area contributed by atoms with Crippen LogP contribution in [0.2, 0.25) is 5.02 Å². The smallest absolute Gasteiger partial charge is 0.264 e. The summed E-state index contributed by atoms with van der Waals surface area (Å²) in [5, 5.41) is 3.43. The maximum atomic E-state index is 13.7. The van der Waals surface area contributed by atoms with Crippen molar-refractivity contribution in [2.45, 2.75) is 18.2 Å². The van der Waals surface area contributed by atoms with Gasteiger partial charge in [0.25, 0.3) is 10.0 Å². The predicted octanol–water partition coefficient (Wildman–Crippen LogP) is 4.31. The summed E-state index contributed by atoms with van der Waals surface area (Å²) in [7, 11) is -1.24. The van der Waals surface area contributed by atoms with Crippen molar-refractivity contribution in [3.63, 3.8) is 0 Å². The number of hydrogen-bond acceptors (Lipinski definition) is 6. The number of ether oxygens (including phenoxy) is 3. The third-order valence-electron chi connectivity index (χ3n) is 5.32. The van der Waals surface area contributed by atoms with Crippen LogP contribution in [0.25, 0.3) is 0 Å². The third kappa shape index (κ3) is 6.83. The lowest BCUT2D eigenvalue weighted by atomic mass is 10.1. The van der Waals surface area contributed by atoms with Crippen LogP contribution >= 0.6 is 11.6 Å². The van der Waals surface area contributed by atoms with Crippen LogP contribution in [0, 0.1) is 0 Å². The Morgan fingerprint density at radius 3 is 2.22 bits per heavy atom.